The first-order chi connectivity index (χ1) is 23.2. The van der Waals surface area contributed by atoms with E-state index in [1.807, 2.05) is 47.4 Å². The van der Waals surface area contributed by atoms with Crippen LogP contribution in [-0.2, 0) is 5.41 Å². The van der Waals surface area contributed by atoms with Gasteiger partial charge in [0.25, 0.3) is 0 Å². The molecule has 8 aromatic rings. The molecule has 220 valence electrons. The quantitative estimate of drug-likeness (QED) is 0.195. The van der Waals surface area contributed by atoms with Crippen molar-refractivity contribution < 1.29 is 4.39 Å². The van der Waals surface area contributed by atoms with Gasteiger partial charge in [-0.05, 0) is 115 Å². The number of fused-ring (bicyclic) bond motifs is 13. The van der Waals surface area contributed by atoms with E-state index in [9.17, 15) is 0 Å². The van der Waals surface area contributed by atoms with Gasteiger partial charge in [0.1, 0.15) is 5.82 Å². The zero-order chi connectivity index (χ0) is 31.1. The fourth-order valence-electron chi connectivity index (χ4n) is 8.41. The first kappa shape index (κ1) is 26.2. The zero-order valence-corrected chi connectivity index (χ0v) is 25.5. The van der Waals surface area contributed by atoms with Crippen molar-refractivity contribution >= 4 is 38.6 Å². The Bertz CT molecular complexity index is 2500. The molecule has 2 aliphatic carbocycles. The van der Waals surface area contributed by atoms with E-state index >= 15 is 4.39 Å². The van der Waals surface area contributed by atoms with Crippen LogP contribution in [0.3, 0.4) is 0 Å². The Kier molecular flexibility index (Phi) is 5.45. The van der Waals surface area contributed by atoms with Gasteiger partial charge in [-0.15, -0.1) is 0 Å². The van der Waals surface area contributed by atoms with Gasteiger partial charge in [-0.3, -0.25) is 0 Å². The molecule has 0 saturated carbocycles. The molecule has 0 bridgehead atoms. The van der Waals surface area contributed by atoms with Crippen molar-refractivity contribution in [2.45, 2.75) is 5.41 Å². The van der Waals surface area contributed by atoms with E-state index < -0.39 is 5.41 Å². The third kappa shape index (κ3) is 3.53. The maximum absolute atomic E-state index is 15.4. The molecule has 0 amide bonds. The third-order valence-electron chi connectivity index (χ3n) is 10.3. The van der Waals surface area contributed by atoms with Crippen LogP contribution in [0.1, 0.15) is 22.3 Å². The van der Waals surface area contributed by atoms with Gasteiger partial charge in [-0.1, -0.05) is 121 Å². The van der Waals surface area contributed by atoms with Gasteiger partial charge in [0.2, 0.25) is 0 Å². The van der Waals surface area contributed by atoms with Crippen LogP contribution in [0.2, 0.25) is 0 Å². The Hall–Kier alpha value is -5.99. The fourth-order valence-corrected chi connectivity index (χ4v) is 8.41. The summed E-state index contributed by atoms with van der Waals surface area (Å²) in [5.74, 6) is -0.258. The predicted molar refractivity (Wildman–Crippen MR) is 192 cm³/mol. The monoisotopic (exact) mass is 601 g/mol. The summed E-state index contributed by atoms with van der Waals surface area (Å²) in [6.45, 7) is 0. The molecule has 0 aromatic heterocycles. The van der Waals surface area contributed by atoms with Gasteiger partial charge in [-0.2, -0.15) is 0 Å². The molecular weight excluding hydrogens is 574 g/mol. The van der Waals surface area contributed by atoms with E-state index in [-0.39, 0.29) is 5.82 Å². The maximum atomic E-state index is 15.4. The van der Waals surface area contributed by atoms with Crippen molar-refractivity contribution in [2.24, 2.45) is 0 Å². The summed E-state index contributed by atoms with van der Waals surface area (Å²) in [7, 11) is 0. The van der Waals surface area contributed by atoms with E-state index in [0.717, 1.165) is 22.1 Å². The van der Waals surface area contributed by atoms with Crippen LogP contribution in [0.25, 0.3) is 43.8 Å². The lowest BCUT2D eigenvalue weighted by molar-refractivity contribution is 0.629. The van der Waals surface area contributed by atoms with Crippen molar-refractivity contribution in [3.8, 4) is 22.3 Å². The van der Waals surface area contributed by atoms with Crippen molar-refractivity contribution in [3.05, 3.63) is 198 Å². The minimum Gasteiger partial charge on any atom is -0.308 e. The third-order valence-corrected chi connectivity index (χ3v) is 10.3. The molecule has 47 heavy (non-hydrogen) atoms. The summed E-state index contributed by atoms with van der Waals surface area (Å²) in [6, 6.07) is 59.6. The Balaban J connectivity index is 1.30. The summed E-state index contributed by atoms with van der Waals surface area (Å²) < 4.78 is 15.4. The Morgan fingerprint density at radius 2 is 1.06 bits per heavy atom. The minimum atomic E-state index is -0.448. The summed E-state index contributed by atoms with van der Waals surface area (Å²) in [6.07, 6.45) is 0. The number of anilines is 3. The SMILES string of the molecule is Fc1ccccc1N(c1ccccc1)c1ccc2cc3c(cc2c1)C1(c2ccccc2-c2ccccc21)c1ccc2ccccc2c1-3. The van der Waals surface area contributed by atoms with Crippen LogP contribution in [0, 0.1) is 5.82 Å². The van der Waals surface area contributed by atoms with Crippen molar-refractivity contribution in [1.29, 1.82) is 0 Å². The number of nitrogens with zero attached hydrogens (tertiary/aromatic N) is 1. The lowest BCUT2D eigenvalue weighted by Crippen LogP contribution is -2.25. The van der Waals surface area contributed by atoms with Crippen LogP contribution in [-0.4, -0.2) is 0 Å². The molecule has 0 unspecified atom stereocenters. The van der Waals surface area contributed by atoms with Crippen LogP contribution in [0.5, 0.6) is 0 Å². The van der Waals surface area contributed by atoms with Gasteiger partial charge in [0, 0.05) is 11.4 Å². The lowest BCUT2D eigenvalue weighted by atomic mass is 9.70. The molecular formula is C45H28FN. The van der Waals surface area contributed by atoms with Gasteiger partial charge < -0.3 is 4.90 Å². The number of hydrogen-bond acceptors (Lipinski definition) is 1. The van der Waals surface area contributed by atoms with Gasteiger partial charge in [0.05, 0.1) is 11.1 Å². The molecule has 10 rings (SSSR count). The molecule has 0 N–H and O–H groups in total. The fraction of sp³-hybridized carbons (Fsp3) is 0.0222. The molecule has 1 nitrogen and oxygen atoms in total. The van der Waals surface area contributed by atoms with Crippen molar-refractivity contribution in [3.63, 3.8) is 0 Å². The summed E-state index contributed by atoms with van der Waals surface area (Å²) in [4.78, 5) is 2.01. The number of benzene rings is 8. The van der Waals surface area contributed by atoms with Crippen molar-refractivity contribution in [2.75, 3.05) is 4.90 Å². The predicted octanol–water partition coefficient (Wildman–Crippen LogP) is 11.9. The van der Waals surface area contributed by atoms with Gasteiger partial charge in [-0.25, -0.2) is 4.39 Å². The van der Waals surface area contributed by atoms with E-state index in [1.165, 1.54) is 61.3 Å². The molecule has 0 radical (unpaired) electrons. The average molecular weight is 602 g/mol. The molecule has 2 heteroatoms. The lowest BCUT2D eigenvalue weighted by Gasteiger charge is -2.31. The summed E-state index contributed by atoms with van der Waals surface area (Å²) >= 11 is 0. The highest BCUT2D eigenvalue weighted by Gasteiger charge is 2.52. The molecule has 0 aliphatic heterocycles. The molecule has 2 aliphatic rings. The molecule has 0 fully saturated rings. The van der Waals surface area contributed by atoms with E-state index in [0.29, 0.717) is 5.69 Å². The molecule has 1 spiro atoms. The standard InChI is InChI=1S/C45H28FN/c46-42-20-10-11-21-43(42)47(32-13-2-1-3-14-32)33-24-22-30-27-37-41(28-31(30)26-33)45(40-25-23-29-12-4-5-15-34(29)44(37)40)38-18-8-6-16-35(38)36-17-7-9-19-39(36)45/h1-28H. The second-order valence-corrected chi connectivity index (χ2v) is 12.6. The summed E-state index contributed by atoms with van der Waals surface area (Å²) in [5.41, 5.74) is 12.3. The second-order valence-electron chi connectivity index (χ2n) is 12.6. The highest BCUT2D eigenvalue weighted by molar-refractivity contribution is 6.08. The Morgan fingerprint density at radius 3 is 1.85 bits per heavy atom. The highest BCUT2D eigenvalue weighted by Crippen LogP contribution is 2.64. The van der Waals surface area contributed by atoms with E-state index in [1.54, 1.807) is 6.07 Å². The van der Waals surface area contributed by atoms with Gasteiger partial charge >= 0.3 is 0 Å². The van der Waals surface area contributed by atoms with Crippen LogP contribution < -0.4 is 4.90 Å². The summed E-state index contributed by atoms with van der Waals surface area (Å²) in [5, 5.41) is 4.80. The highest BCUT2D eigenvalue weighted by atomic mass is 19.1. The largest absolute Gasteiger partial charge is 0.308 e. The number of rotatable bonds is 3. The normalized spacial score (nSPS) is 13.4. The Morgan fingerprint density at radius 1 is 0.404 bits per heavy atom. The zero-order valence-electron chi connectivity index (χ0n) is 25.5. The van der Waals surface area contributed by atoms with Gasteiger partial charge in [0.15, 0.2) is 0 Å². The maximum Gasteiger partial charge on any atom is 0.147 e. The molecule has 0 saturated heterocycles. The number of halogens is 1. The number of hydrogen-bond donors (Lipinski definition) is 0. The second kappa shape index (κ2) is 9.75. The van der Waals surface area contributed by atoms with Crippen molar-refractivity contribution in [1.82, 2.24) is 0 Å². The molecule has 0 atom stereocenters. The smallest absolute Gasteiger partial charge is 0.147 e. The van der Waals surface area contributed by atoms with Crippen LogP contribution >= 0.6 is 0 Å². The molecule has 8 aromatic carbocycles. The van der Waals surface area contributed by atoms with E-state index in [2.05, 4.69) is 115 Å². The number of para-hydroxylation sites is 2. The minimum absolute atomic E-state index is 0.258. The van der Waals surface area contributed by atoms with Crippen LogP contribution in [0.4, 0.5) is 21.5 Å². The first-order valence-electron chi connectivity index (χ1n) is 16.1. The van der Waals surface area contributed by atoms with E-state index in [4.69, 9.17) is 0 Å². The average Bonchev–Trinajstić information content (AvgIpc) is 3.59. The Labute approximate surface area is 272 Å². The van der Waals surface area contributed by atoms with Crippen LogP contribution in [0.15, 0.2) is 170 Å². The molecule has 0 heterocycles. The topological polar surface area (TPSA) is 3.24 Å². The first-order valence-corrected chi connectivity index (χ1v) is 16.1.